The number of carbonyl (C=O) groups is 2. The van der Waals surface area contributed by atoms with E-state index < -0.39 is 28.0 Å². The quantitative estimate of drug-likeness (QED) is 0.578. The third kappa shape index (κ3) is 4.93. The first kappa shape index (κ1) is 21.7. The van der Waals surface area contributed by atoms with E-state index in [2.05, 4.69) is 10.3 Å². The van der Waals surface area contributed by atoms with Gasteiger partial charge in [0.2, 0.25) is 10.0 Å². The van der Waals surface area contributed by atoms with E-state index in [9.17, 15) is 18.0 Å². The van der Waals surface area contributed by atoms with E-state index in [0.717, 1.165) is 0 Å². The first-order valence-corrected chi connectivity index (χ1v) is 10.7. The number of primary sulfonamides is 1. The number of carbonyl (C=O) groups excluding carboxylic acids is 2. The minimum absolute atomic E-state index is 0.151. The number of aryl methyl sites for hydroxylation is 1. The molecule has 2 aromatic carbocycles. The van der Waals surface area contributed by atoms with E-state index in [4.69, 9.17) is 21.5 Å². The molecule has 3 aromatic rings. The van der Waals surface area contributed by atoms with Gasteiger partial charge in [-0.25, -0.2) is 18.4 Å². The molecule has 0 saturated heterocycles. The zero-order valence-electron chi connectivity index (χ0n) is 16.0. The molecule has 156 valence electrons. The predicted octanol–water partition coefficient (Wildman–Crippen LogP) is 3.03. The maximum atomic E-state index is 12.6. The molecular formula is C20H18ClN3O5S. The standard InChI is InChI=1S/C20H18ClN3O5S/c1-11-17(9-13-8-14(21)6-7-18(13)23-11)20(26)29-12(2)19(25)24-15-4-3-5-16(10-15)30(22,27)28/h3-10,12H,1-2H3,(H,24,25)(H2,22,27,28). The number of sulfonamides is 1. The number of ether oxygens (including phenoxy) is 1. The van der Waals surface area contributed by atoms with Crippen molar-refractivity contribution in [1.29, 1.82) is 0 Å². The fourth-order valence-corrected chi connectivity index (χ4v) is 3.46. The SMILES string of the molecule is Cc1nc2ccc(Cl)cc2cc1C(=O)OC(C)C(=O)Nc1cccc(S(N)(=O)=O)c1. The number of hydrogen-bond donors (Lipinski definition) is 2. The number of nitrogens with one attached hydrogen (secondary N) is 1. The van der Waals surface area contributed by atoms with E-state index in [1.165, 1.54) is 31.2 Å². The Morgan fingerprint density at radius 3 is 2.60 bits per heavy atom. The van der Waals surface area contributed by atoms with Gasteiger partial charge in [-0.2, -0.15) is 0 Å². The van der Waals surface area contributed by atoms with Gasteiger partial charge >= 0.3 is 5.97 Å². The Morgan fingerprint density at radius 2 is 1.90 bits per heavy atom. The molecule has 0 bridgehead atoms. The van der Waals surface area contributed by atoms with Crippen molar-refractivity contribution in [2.45, 2.75) is 24.8 Å². The molecule has 0 aliphatic heterocycles. The number of aromatic nitrogens is 1. The van der Waals surface area contributed by atoms with E-state index in [1.54, 1.807) is 31.2 Å². The monoisotopic (exact) mass is 447 g/mol. The zero-order valence-corrected chi connectivity index (χ0v) is 17.6. The van der Waals surface area contributed by atoms with E-state index in [1.807, 2.05) is 0 Å². The number of esters is 1. The highest BCUT2D eigenvalue weighted by molar-refractivity contribution is 7.89. The lowest BCUT2D eigenvalue weighted by Gasteiger charge is -2.15. The Morgan fingerprint density at radius 1 is 1.17 bits per heavy atom. The first-order valence-electron chi connectivity index (χ1n) is 8.76. The number of nitrogens with two attached hydrogens (primary N) is 1. The second-order valence-electron chi connectivity index (χ2n) is 6.57. The molecule has 0 saturated carbocycles. The van der Waals surface area contributed by atoms with Gasteiger partial charge in [0.15, 0.2) is 6.10 Å². The maximum absolute atomic E-state index is 12.6. The molecule has 1 heterocycles. The summed E-state index contributed by atoms with van der Waals surface area (Å²) >= 11 is 5.99. The molecule has 3 N–H and O–H groups in total. The van der Waals surface area contributed by atoms with Crippen molar-refractivity contribution in [1.82, 2.24) is 4.98 Å². The molecule has 0 aliphatic carbocycles. The van der Waals surface area contributed by atoms with Gasteiger partial charge in [-0.1, -0.05) is 17.7 Å². The Labute approximate surface area is 178 Å². The van der Waals surface area contributed by atoms with Crippen molar-refractivity contribution in [3.05, 3.63) is 64.8 Å². The first-order chi connectivity index (χ1) is 14.0. The summed E-state index contributed by atoms with van der Waals surface area (Å²) in [4.78, 5) is 29.2. The summed E-state index contributed by atoms with van der Waals surface area (Å²) in [6.07, 6.45) is -1.15. The summed E-state index contributed by atoms with van der Waals surface area (Å²) < 4.78 is 28.1. The topological polar surface area (TPSA) is 128 Å². The average molecular weight is 448 g/mol. The number of hydrogen-bond acceptors (Lipinski definition) is 6. The van der Waals surface area contributed by atoms with Crippen molar-refractivity contribution in [3.8, 4) is 0 Å². The fourth-order valence-electron chi connectivity index (χ4n) is 2.72. The van der Waals surface area contributed by atoms with Crippen LogP contribution in [-0.2, 0) is 19.6 Å². The van der Waals surface area contributed by atoms with Gasteiger partial charge in [-0.05, 0) is 56.3 Å². The Bertz CT molecular complexity index is 1260. The van der Waals surface area contributed by atoms with Crippen LogP contribution in [-0.4, -0.2) is 31.4 Å². The van der Waals surface area contributed by atoms with Gasteiger partial charge in [0.1, 0.15) is 0 Å². The van der Waals surface area contributed by atoms with Gasteiger partial charge < -0.3 is 10.1 Å². The molecule has 1 aromatic heterocycles. The lowest BCUT2D eigenvalue weighted by atomic mass is 10.1. The molecule has 0 spiro atoms. The molecule has 30 heavy (non-hydrogen) atoms. The van der Waals surface area contributed by atoms with Crippen LogP contribution in [0.25, 0.3) is 10.9 Å². The van der Waals surface area contributed by atoms with Crippen LogP contribution in [0.4, 0.5) is 5.69 Å². The third-order valence-corrected chi connectivity index (χ3v) is 5.42. The van der Waals surface area contributed by atoms with E-state index >= 15 is 0 Å². The number of benzene rings is 2. The minimum Gasteiger partial charge on any atom is -0.449 e. The van der Waals surface area contributed by atoms with Crippen LogP contribution in [0.5, 0.6) is 0 Å². The van der Waals surface area contributed by atoms with E-state index in [-0.39, 0.29) is 16.1 Å². The lowest BCUT2D eigenvalue weighted by molar-refractivity contribution is -0.123. The molecular weight excluding hydrogens is 430 g/mol. The molecule has 1 amide bonds. The molecule has 10 heteroatoms. The molecule has 1 atom stereocenters. The largest absolute Gasteiger partial charge is 0.449 e. The summed E-state index contributed by atoms with van der Waals surface area (Å²) in [7, 11) is -3.92. The second-order valence-corrected chi connectivity index (χ2v) is 8.57. The zero-order chi connectivity index (χ0) is 22.1. The number of pyridine rings is 1. The summed E-state index contributed by atoms with van der Waals surface area (Å²) in [6, 6.07) is 12.2. The number of fused-ring (bicyclic) bond motifs is 1. The number of anilines is 1. The molecule has 8 nitrogen and oxygen atoms in total. The predicted molar refractivity (Wildman–Crippen MR) is 113 cm³/mol. The lowest BCUT2D eigenvalue weighted by Crippen LogP contribution is -2.30. The fraction of sp³-hybridized carbons (Fsp3) is 0.150. The Kier molecular flexibility index (Phi) is 6.06. The Balaban J connectivity index is 1.75. The van der Waals surface area contributed by atoms with E-state index in [0.29, 0.717) is 21.6 Å². The van der Waals surface area contributed by atoms with Crippen LogP contribution in [0.3, 0.4) is 0 Å². The van der Waals surface area contributed by atoms with Gasteiger partial charge in [0.05, 0.1) is 21.7 Å². The van der Waals surface area contributed by atoms with Crippen LogP contribution in [0, 0.1) is 6.92 Å². The Hall–Kier alpha value is -3.01. The normalized spacial score (nSPS) is 12.4. The second kappa shape index (κ2) is 8.39. The minimum atomic E-state index is -3.92. The maximum Gasteiger partial charge on any atom is 0.340 e. The summed E-state index contributed by atoms with van der Waals surface area (Å²) in [5.74, 6) is -1.35. The highest BCUT2D eigenvalue weighted by Crippen LogP contribution is 2.22. The van der Waals surface area contributed by atoms with Crippen molar-refractivity contribution >= 4 is 50.1 Å². The highest BCUT2D eigenvalue weighted by atomic mass is 35.5. The van der Waals surface area contributed by atoms with Gasteiger partial charge in [-0.3, -0.25) is 9.78 Å². The average Bonchev–Trinajstić information content (AvgIpc) is 2.67. The smallest absolute Gasteiger partial charge is 0.340 e. The van der Waals surface area contributed by atoms with Crippen molar-refractivity contribution in [2.75, 3.05) is 5.32 Å². The molecule has 3 rings (SSSR count). The number of halogens is 1. The number of nitrogens with zero attached hydrogens (tertiary/aromatic N) is 1. The van der Waals surface area contributed by atoms with Crippen LogP contribution >= 0.6 is 11.6 Å². The number of amides is 1. The van der Waals surface area contributed by atoms with Crippen molar-refractivity contribution < 1.29 is 22.7 Å². The molecule has 1 unspecified atom stereocenters. The van der Waals surface area contributed by atoms with Gasteiger partial charge in [-0.15, -0.1) is 0 Å². The van der Waals surface area contributed by atoms with Gasteiger partial charge in [0, 0.05) is 16.1 Å². The molecule has 0 fully saturated rings. The summed E-state index contributed by atoms with van der Waals surface area (Å²) in [6.45, 7) is 3.06. The molecule has 0 aliphatic rings. The van der Waals surface area contributed by atoms with Crippen LogP contribution in [0.2, 0.25) is 5.02 Å². The van der Waals surface area contributed by atoms with Crippen molar-refractivity contribution in [3.63, 3.8) is 0 Å². The summed E-state index contributed by atoms with van der Waals surface area (Å²) in [5, 5.41) is 8.74. The third-order valence-electron chi connectivity index (χ3n) is 4.27. The summed E-state index contributed by atoms with van der Waals surface area (Å²) in [5.41, 5.74) is 1.53. The highest BCUT2D eigenvalue weighted by Gasteiger charge is 2.21. The van der Waals surface area contributed by atoms with Crippen molar-refractivity contribution in [2.24, 2.45) is 5.14 Å². The van der Waals surface area contributed by atoms with Crippen LogP contribution in [0.1, 0.15) is 23.0 Å². The van der Waals surface area contributed by atoms with Gasteiger partial charge in [0.25, 0.3) is 5.91 Å². The van der Waals surface area contributed by atoms with Crippen LogP contribution in [0.15, 0.2) is 53.4 Å². The molecule has 0 radical (unpaired) electrons. The van der Waals surface area contributed by atoms with Crippen LogP contribution < -0.4 is 10.5 Å². The number of rotatable bonds is 5.